The number of aryl methyl sites for hydroxylation is 2. The minimum Gasteiger partial charge on any atom is -0.364 e. The minimum absolute atomic E-state index is 0.740. The molecule has 0 bridgehead atoms. The highest BCUT2D eigenvalue weighted by Gasteiger charge is 2.06. The minimum atomic E-state index is 0.740. The van der Waals surface area contributed by atoms with Crippen molar-refractivity contribution in [2.24, 2.45) is 0 Å². The van der Waals surface area contributed by atoms with Crippen LogP contribution in [0.5, 0.6) is 0 Å². The van der Waals surface area contributed by atoms with Gasteiger partial charge in [0, 0.05) is 4.88 Å². The highest BCUT2D eigenvalue weighted by Crippen LogP contribution is 2.18. The lowest BCUT2D eigenvalue weighted by molar-refractivity contribution is 1.07. The van der Waals surface area contributed by atoms with Crippen LogP contribution >= 0.6 is 11.3 Å². The van der Waals surface area contributed by atoms with Crippen molar-refractivity contribution in [2.75, 3.05) is 5.32 Å². The van der Waals surface area contributed by atoms with Crippen LogP contribution in [-0.2, 0) is 6.54 Å². The van der Waals surface area contributed by atoms with E-state index >= 15 is 0 Å². The van der Waals surface area contributed by atoms with Gasteiger partial charge in [-0.15, -0.1) is 11.3 Å². The molecule has 0 aliphatic heterocycles. The van der Waals surface area contributed by atoms with Gasteiger partial charge in [0.15, 0.2) is 0 Å². The van der Waals surface area contributed by atoms with Crippen molar-refractivity contribution in [1.82, 2.24) is 15.0 Å². The number of thiazole rings is 1. The van der Waals surface area contributed by atoms with Gasteiger partial charge in [0.2, 0.25) is 0 Å². The molecule has 0 fully saturated rings. The van der Waals surface area contributed by atoms with Crippen LogP contribution in [-0.4, -0.2) is 15.0 Å². The van der Waals surface area contributed by atoms with Crippen LogP contribution in [0.1, 0.15) is 16.3 Å². The van der Waals surface area contributed by atoms with Crippen molar-refractivity contribution in [2.45, 2.75) is 20.4 Å². The fourth-order valence-corrected chi connectivity index (χ4v) is 2.63. The fourth-order valence-electron chi connectivity index (χ4n) is 1.92. The molecule has 0 aliphatic carbocycles. The second kappa shape index (κ2) is 4.93. The molecule has 2 aromatic heterocycles. The molecule has 4 nitrogen and oxygen atoms in total. The van der Waals surface area contributed by atoms with Gasteiger partial charge in [-0.1, -0.05) is 12.1 Å². The Morgan fingerprint density at radius 3 is 2.47 bits per heavy atom. The van der Waals surface area contributed by atoms with Gasteiger partial charge in [-0.2, -0.15) is 0 Å². The topological polar surface area (TPSA) is 50.7 Å². The molecule has 5 heteroatoms. The first kappa shape index (κ1) is 12.0. The summed E-state index contributed by atoms with van der Waals surface area (Å²) in [5.41, 5.74) is 5.70. The van der Waals surface area contributed by atoms with Crippen LogP contribution in [0.25, 0.3) is 11.0 Å². The Labute approximate surface area is 115 Å². The van der Waals surface area contributed by atoms with Gasteiger partial charge in [-0.3, -0.25) is 0 Å². The Kier molecular flexibility index (Phi) is 3.13. The predicted molar refractivity (Wildman–Crippen MR) is 78.5 cm³/mol. The van der Waals surface area contributed by atoms with Crippen LogP contribution in [0, 0.1) is 13.8 Å². The summed E-state index contributed by atoms with van der Waals surface area (Å²) in [4.78, 5) is 14.6. The quantitative estimate of drug-likeness (QED) is 0.793. The van der Waals surface area contributed by atoms with Gasteiger partial charge in [0.1, 0.15) is 5.82 Å². The normalized spacial score (nSPS) is 10.8. The van der Waals surface area contributed by atoms with Crippen molar-refractivity contribution in [1.29, 1.82) is 0 Å². The summed E-state index contributed by atoms with van der Waals surface area (Å²) in [5.74, 6) is 0.839. The number of nitrogens with zero attached hydrogens (tertiary/aromatic N) is 3. The molecule has 0 aliphatic rings. The summed E-state index contributed by atoms with van der Waals surface area (Å²) in [5, 5.41) is 3.35. The molecule has 3 rings (SSSR count). The van der Waals surface area contributed by atoms with E-state index in [0.29, 0.717) is 0 Å². The maximum absolute atomic E-state index is 4.61. The Morgan fingerprint density at radius 1 is 1.05 bits per heavy atom. The molecule has 0 spiro atoms. The van der Waals surface area contributed by atoms with Gasteiger partial charge in [-0.25, -0.2) is 15.0 Å². The number of para-hydroxylation sites is 2. The van der Waals surface area contributed by atoms with Crippen molar-refractivity contribution in [3.8, 4) is 0 Å². The zero-order valence-corrected chi connectivity index (χ0v) is 11.7. The molecule has 0 radical (unpaired) electrons. The first-order chi connectivity index (χ1) is 9.24. The standard InChI is InChI=1S/C14H14N4S/c1-9-13(19-8-16-9)7-15-14-10(2)17-11-5-3-4-6-12(11)18-14/h3-6,8H,7H2,1-2H3,(H,15,18). The maximum Gasteiger partial charge on any atom is 0.148 e. The van der Waals surface area contributed by atoms with E-state index in [4.69, 9.17) is 0 Å². The molecule has 1 aromatic carbocycles. The van der Waals surface area contributed by atoms with E-state index in [1.54, 1.807) is 11.3 Å². The Hall–Kier alpha value is -2.01. The van der Waals surface area contributed by atoms with E-state index in [-0.39, 0.29) is 0 Å². The number of aromatic nitrogens is 3. The number of fused-ring (bicyclic) bond motifs is 1. The van der Waals surface area contributed by atoms with Crippen molar-refractivity contribution in [3.63, 3.8) is 0 Å². The van der Waals surface area contributed by atoms with Gasteiger partial charge in [0.25, 0.3) is 0 Å². The molecule has 0 amide bonds. The maximum atomic E-state index is 4.61. The monoisotopic (exact) mass is 270 g/mol. The number of hydrogen-bond donors (Lipinski definition) is 1. The molecule has 19 heavy (non-hydrogen) atoms. The number of rotatable bonds is 3. The first-order valence-corrected chi connectivity index (χ1v) is 6.98. The predicted octanol–water partition coefficient (Wildman–Crippen LogP) is 3.32. The average Bonchev–Trinajstić information content (AvgIpc) is 2.82. The summed E-state index contributed by atoms with van der Waals surface area (Å²) >= 11 is 1.66. The summed E-state index contributed by atoms with van der Waals surface area (Å²) in [6.45, 7) is 4.73. The summed E-state index contributed by atoms with van der Waals surface area (Å²) < 4.78 is 0. The molecule has 0 saturated carbocycles. The molecule has 1 N–H and O–H groups in total. The van der Waals surface area contributed by atoms with E-state index < -0.39 is 0 Å². The van der Waals surface area contributed by atoms with E-state index in [1.165, 1.54) is 4.88 Å². The van der Waals surface area contributed by atoms with Crippen molar-refractivity contribution in [3.05, 3.63) is 46.0 Å². The highest BCUT2D eigenvalue weighted by molar-refractivity contribution is 7.09. The molecule has 3 aromatic rings. The van der Waals surface area contributed by atoms with Crippen LogP contribution < -0.4 is 5.32 Å². The van der Waals surface area contributed by atoms with Crippen LogP contribution in [0.2, 0.25) is 0 Å². The zero-order valence-electron chi connectivity index (χ0n) is 10.8. The lowest BCUT2D eigenvalue weighted by atomic mass is 10.3. The number of anilines is 1. The number of hydrogen-bond acceptors (Lipinski definition) is 5. The molecule has 0 saturated heterocycles. The van der Waals surface area contributed by atoms with Gasteiger partial charge < -0.3 is 5.32 Å². The second-order valence-corrected chi connectivity index (χ2v) is 5.30. The molecule has 0 atom stereocenters. The largest absolute Gasteiger partial charge is 0.364 e. The first-order valence-electron chi connectivity index (χ1n) is 6.10. The second-order valence-electron chi connectivity index (χ2n) is 4.36. The van der Waals surface area contributed by atoms with E-state index in [2.05, 4.69) is 20.3 Å². The Balaban J connectivity index is 1.88. The van der Waals surface area contributed by atoms with E-state index in [0.717, 1.165) is 34.8 Å². The fraction of sp³-hybridized carbons (Fsp3) is 0.214. The van der Waals surface area contributed by atoms with E-state index in [9.17, 15) is 0 Å². The smallest absolute Gasteiger partial charge is 0.148 e. The van der Waals surface area contributed by atoms with Gasteiger partial charge in [0.05, 0.1) is 34.5 Å². The number of benzene rings is 1. The van der Waals surface area contributed by atoms with Crippen molar-refractivity contribution >= 4 is 28.2 Å². The van der Waals surface area contributed by atoms with Crippen molar-refractivity contribution < 1.29 is 0 Å². The third-order valence-corrected chi connectivity index (χ3v) is 3.94. The zero-order chi connectivity index (χ0) is 13.2. The lowest BCUT2D eigenvalue weighted by Crippen LogP contribution is -2.04. The Bertz CT molecular complexity index is 720. The van der Waals surface area contributed by atoms with Gasteiger partial charge in [-0.05, 0) is 26.0 Å². The summed E-state index contributed by atoms with van der Waals surface area (Å²) in [6.07, 6.45) is 0. The molecular weight excluding hydrogens is 256 g/mol. The molecule has 2 heterocycles. The summed E-state index contributed by atoms with van der Waals surface area (Å²) in [7, 11) is 0. The Morgan fingerprint density at radius 2 is 1.79 bits per heavy atom. The SMILES string of the molecule is Cc1nc2ccccc2nc1NCc1scnc1C. The number of nitrogens with one attached hydrogen (secondary N) is 1. The van der Waals surface area contributed by atoms with Crippen LogP contribution in [0.3, 0.4) is 0 Å². The van der Waals surface area contributed by atoms with Crippen LogP contribution in [0.4, 0.5) is 5.82 Å². The third-order valence-electron chi connectivity index (χ3n) is 3.01. The average molecular weight is 270 g/mol. The summed E-state index contributed by atoms with van der Waals surface area (Å²) in [6, 6.07) is 7.91. The highest BCUT2D eigenvalue weighted by atomic mass is 32.1. The molecule has 96 valence electrons. The van der Waals surface area contributed by atoms with Gasteiger partial charge >= 0.3 is 0 Å². The molecule has 0 unspecified atom stereocenters. The molecular formula is C14H14N4S. The van der Waals surface area contributed by atoms with E-state index in [1.807, 2.05) is 43.6 Å². The third kappa shape index (κ3) is 2.42. The lowest BCUT2D eigenvalue weighted by Gasteiger charge is -2.08. The van der Waals surface area contributed by atoms with Crippen LogP contribution in [0.15, 0.2) is 29.8 Å².